The molecule has 2 N–H and O–H groups in total. The number of fused-ring (bicyclic) bond motifs is 1. The van der Waals surface area contributed by atoms with E-state index in [9.17, 15) is 10.2 Å². The molecule has 0 radical (unpaired) electrons. The van der Waals surface area contributed by atoms with Gasteiger partial charge in [0.25, 0.3) is 0 Å². The molecule has 5 heteroatoms. The Bertz CT molecular complexity index is 503. The summed E-state index contributed by atoms with van der Waals surface area (Å²) in [4.78, 5) is 9.34. The second-order valence-corrected chi connectivity index (χ2v) is 7.03. The largest absolute Gasteiger partial charge is 0.396 e. The Morgan fingerprint density at radius 3 is 2.61 bits per heavy atom. The molecule has 1 aromatic rings. The van der Waals surface area contributed by atoms with Gasteiger partial charge < -0.3 is 15.1 Å². The topological polar surface area (TPSA) is 59.8 Å². The number of aliphatic hydroxyl groups excluding tert-OH is 2. The number of nitrogens with zero attached hydrogens (tertiary/aromatic N) is 3. The summed E-state index contributed by atoms with van der Waals surface area (Å²) in [5.41, 5.74) is 2.25. The van der Waals surface area contributed by atoms with Gasteiger partial charge >= 0.3 is 0 Å². The molecule has 23 heavy (non-hydrogen) atoms. The van der Waals surface area contributed by atoms with Gasteiger partial charge in [0.2, 0.25) is 0 Å². The zero-order chi connectivity index (χ0) is 16.2. The van der Waals surface area contributed by atoms with Crippen molar-refractivity contribution in [3.8, 4) is 0 Å². The van der Waals surface area contributed by atoms with E-state index in [4.69, 9.17) is 0 Å². The molecule has 2 heterocycles. The van der Waals surface area contributed by atoms with Crippen molar-refractivity contribution >= 4 is 5.69 Å². The van der Waals surface area contributed by atoms with Crippen LogP contribution in [0.3, 0.4) is 0 Å². The number of hydrogen-bond donors (Lipinski definition) is 2. The van der Waals surface area contributed by atoms with Crippen LogP contribution in [0.25, 0.3) is 0 Å². The van der Waals surface area contributed by atoms with Crippen LogP contribution in [-0.2, 0) is 6.54 Å². The number of pyridine rings is 1. The standard InChI is InChI=1S/C18H29N3O2/c1-20-16(13-23)8-10-21(11-17-18(20)3-2-9-19-17)15-6-4-14(12-22)5-7-15/h2-3,9,14-16,22-23H,4-8,10-13H2,1H3/t14?,15?,16-/m0/s1. The lowest BCUT2D eigenvalue weighted by Crippen LogP contribution is -2.45. The zero-order valence-electron chi connectivity index (χ0n) is 14.1. The molecule has 3 rings (SSSR count). The van der Waals surface area contributed by atoms with E-state index in [1.54, 1.807) is 0 Å². The molecule has 0 unspecified atom stereocenters. The van der Waals surface area contributed by atoms with Crippen molar-refractivity contribution in [1.29, 1.82) is 0 Å². The van der Waals surface area contributed by atoms with Crippen molar-refractivity contribution in [1.82, 2.24) is 9.88 Å². The first-order valence-corrected chi connectivity index (χ1v) is 8.85. The maximum atomic E-state index is 9.76. The molecular weight excluding hydrogens is 290 g/mol. The van der Waals surface area contributed by atoms with Gasteiger partial charge in [-0.05, 0) is 50.2 Å². The zero-order valence-corrected chi connectivity index (χ0v) is 14.1. The molecule has 0 bridgehead atoms. The van der Waals surface area contributed by atoms with Gasteiger partial charge in [0, 0.05) is 39.0 Å². The average Bonchev–Trinajstić information content (AvgIpc) is 2.60. The number of aromatic nitrogens is 1. The van der Waals surface area contributed by atoms with Crippen molar-refractivity contribution in [2.75, 3.05) is 31.7 Å². The molecule has 1 aromatic heterocycles. The highest BCUT2D eigenvalue weighted by Gasteiger charge is 2.29. The van der Waals surface area contributed by atoms with Crippen LogP contribution in [-0.4, -0.2) is 59.0 Å². The summed E-state index contributed by atoms with van der Waals surface area (Å²) >= 11 is 0. The van der Waals surface area contributed by atoms with Crippen LogP contribution < -0.4 is 4.90 Å². The van der Waals surface area contributed by atoms with Crippen molar-refractivity contribution in [3.63, 3.8) is 0 Å². The highest BCUT2D eigenvalue weighted by molar-refractivity contribution is 5.51. The summed E-state index contributed by atoms with van der Waals surface area (Å²) in [6.07, 6.45) is 7.40. The number of rotatable bonds is 3. The van der Waals surface area contributed by atoms with Crippen molar-refractivity contribution in [3.05, 3.63) is 24.0 Å². The Kier molecular flexibility index (Phi) is 5.51. The van der Waals surface area contributed by atoms with Gasteiger partial charge in [0.1, 0.15) is 0 Å². The molecule has 5 nitrogen and oxygen atoms in total. The maximum Gasteiger partial charge on any atom is 0.0776 e. The minimum atomic E-state index is 0.148. The van der Waals surface area contributed by atoms with Gasteiger partial charge in [-0.15, -0.1) is 0 Å². The Hall–Kier alpha value is -1.17. The van der Waals surface area contributed by atoms with Crippen LogP contribution in [0.4, 0.5) is 5.69 Å². The van der Waals surface area contributed by atoms with Gasteiger partial charge in [0.05, 0.1) is 24.0 Å². The second-order valence-electron chi connectivity index (χ2n) is 7.03. The minimum absolute atomic E-state index is 0.148. The number of aliphatic hydroxyl groups is 2. The predicted molar refractivity (Wildman–Crippen MR) is 91.4 cm³/mol. The van der Waals surface area contributed by atoms with Crippen LogP contribution >= 0.6 is 0 Å². The fourth-order valence-corrected chi connectivity index (χ4v) is 4.07. The van der Waals surface area contributed by atoms with E-state index in [0.717, 1.165) is 56.6 Å². The Balaban J connectivity index is 1.78. The van der Waals surface area contributed by atoms with Crippen LogP contribution in [0.5, 0.6) is 0 Å². The third-order valence-electron chi connectivity index (χ3n) is 5.70. The molecule has 2 aliphatic rings. The molecule has 0 aromatic carbocycles. The molecule has 0 amide bonds. The maximum absolute atomic E-state index is 9.76. The van der Waals surface area contributed by atoms with Crippen LogP contribution in [0.15, 0.2) is 18.3 Å². The highest BCUT2D eigenvalue weighted by atomic mass is 16.3. The third kappa shape index (κ3) is 3.67. The van der Waals surface area contributed by atoms with E-state index in [2.05, 4.69) is 27.9 Å². The van der Waals surface area contributed by atoms with Crippen molar-refractivity contribution < 1.29 is 10.2 Å². The SMILES string of the molecule is CN1c2cccnc2CN(C2CCC(CO)CC2)CC[C@H]1CO. The lowest BCUT2D eigenvalue weighted by atomic mass is 9.85. The van der Waals surface area contributed by atoms with Crippen LogP contribution in [0.1, 0.15) is 37.8 Å². The van der Waals surface area contributed by atoms with E-state index in [-0.39, 0.29) is 12.6 Å². The second kappa shape index (κ2) is 7.60. The Morgan fingerprint density at radius 1 is 1.13 bits per heavy atom. The third-order valence-corrected chi connectivity index (χ3v) is 5.70. The monoisotopic (exact) mass is 319 g/mol. The lowest BCUT2D eigenvalue weighted by Gasteiger charge is -2.41. The molecule has 1 atom stereocenters. The first-order chi connectivity index (χ1) is 11.2. The lowest BCUT2D eigenvalue weighted by molar-refractivity contribution is 0.0972. The van der Waals surface area contributed by atoms with E-state index in [0.29, 0.717) is 18.6 Å². The minimum Gasteiger partial charge on any atom is -0.396 e. The van der Waals surface area contributed by atoms with Gasteiger partial charge in [-0.3, -0.25) is 9.88 Å². The van der Waals surface area contributed by atoms with Gasteiger partial charge in [-0.1, -0.05) is 0 Å². The molecule has 0 spiro atoms. The van der Waals surface area contributed by atoms with E-state index in [1.807, 2.05) is 12.3 Å². The molecule has 1 aliphatic heterocycles. The van der Waals surface area contributed by atoms with E-state index in [1.165, 1.54) is 0 Å². The number of anilines is 1. The molecule has 1 saturated carbocycles. The van der Waals surface area contributed by atoms with Gasteiger partial charge in [-0.25, -0.2) is 0 Å². The van der Waals surface area contributed by atoms with Gasteiger partial charge in [0.15, 0.2) is 0 Å². The molecule has 128 valence electrons. The Labute approximate surface area is 138 Å². The molecule has 1 fully saturated rings. The first kappa shape index (κ1) is 16.7. The summed E-state index contributed by atoms with van der Waals surface area (Å²) in [5.74, 6) is 0.489. The van der Waals surface area contributed by atoms with Crippen molar-refractivity contribution in [2.45, 2.75) is 50.7 Å². The molecular formula is C18H29N3O2. The van der Waals surface area contributed by atoms with Gasteiger partial charge in [-0.2, -0.15) is 0 Å². The fraction of sp³-hybridized carbons (Fsp3) is 0.722. The number of likely N-dealkylation sites (N-methyl/N-ethyl adjacent to an activating group) is 1. The summed E-state index contributed by atoms with van der Waals surface area (Å²) in [5, 5.41) is 19.1. The van der Waals surface area contributed by atoms with E-state index >= 15 is 0 Å². The predicted octanol–water partition coefficient (Wildman–Crippen LogP) is 1.64. The van der Waals surface area contributed by atoms with Crippen LogP contribution in [0, 0.1) is 5.92 Å². The van der Waals surface area contributed by atoms with E-state index < -0.39 is 0 Å². The van der Waals surface area contributed by atoms with Crippen molar-refractivity contribution in [2.24, 2.45) is 5.92 Å². The summed E-state index contributed by atoms with van der Waals surface area (Å²) in [6.45, 7) is 2.39. The molecule has 1 aliphatic carbocycles. The quantitative estimate of drug-likeness (QED) is 0.887. The summed E-state index contributed by atoms with van der Waals surface area (Å²) < 4.78 is 0. The Morgan fingerprint density at radius 2 is 1.91 bits per heavy atom. The highest BCUT2D eigenvalue weighted by Crippen LogP contribution is 2.31. The van der Waals surface area contributed by atoms with Crippen LogP contribution in [0.2, 0.25) is 0 Å². The molecule has 0 saturated heterocycles. The normalized spacial score (nSPS) is 29.7. The average molecular weight is 319 g/mol. The summed E-state index contributed by atoms with van der Waals surface area (Å²) in [7, 11) is 2.06. The number of hydrogen-bond acceptors (Lipinski definition) is 5. The first-order valence-electron chi connectivity index (χ1n) is 8.85. The smallest absolute Gasteiger partial charge is 0.0776 e. The summed E-state index contributed by atoms with van der Waals surface area (Å²) in [6, 6.07) is 4.81. The fourth-order valence-electron chi connectivity index (χ4n) is 4.07.